The Labute approximate surface area is 226 Å². The molecule has 39 heavy (non-hydrogen) atoms. The number of rotatable bonds is 10. The minimum atomic E-state index is -5.82. The first kappa shape index (κ1) is 32.7. The van der Waals surface area contributed by atoms with E-state index in [1.165, 1.54) is 0 Å². The van der Waals surface area contributed by atoms with Crippen molar-refractivity contribution in [3.8, 4) is 11.5 Å². The smallest absolute Gasteiger partial charge is 0.411 e. The van der Waals surface area contributed by atoms with Crippen LogP contribution in [-0.2, 0) is 31.6 Å². The van der Waals surface area contributed by atoms with E-state index in [0.29, 0.717) is 0 Å². The van der Waals surface area contributed by atoms with Crippen molar-refractivity contribution in [3.05, 3.63) is 57.6 Å². The Kier molecular flexibility index (Phi) is 9.98. The highest BCUT2D eigenvalue weighted by molar-refractivity contribution is 5.55. The van der Waals surface area contributed by atoms with Gasteiger partial charge in [0.25, 0.3) is 0 Å². The van der Waals surface area contributed by atoms with Crippen molar-refractivity contribution in [2.45, 2.75) is 43.9 Å². The third kappa shape index (κ3) is 6.97. The highest BCUT2D eigenvalue weighted by Gasteiger charge is 2.72. The average molecular weight is 565 g/mol. The third-order valence-corrected chi connectivity index (χ3v) is 6.20. The van der Waals surface area contributed by atoms with Crippen LogP contribution in [0, 0.1) is 0 Å². The Balaban J connectivity index is 3.15. The highest BCUT2D eigenvalue weighted by atomic mass is 19.4. The van der Waals surface area contributed by atoms with Crippen molar-refractivity contribution in [1.82, 2.24) is 19.6 Å². The molecule has 0 fully saturated rings. The first-order valence-electron chi connectivity index (χ1n) is 12.1. The van der Waals surface area contributed by atoms with Gasteiger partial charge in [0.2, 0.25) is 5.41 Å². The van der Waals surface area contributed by atoms with Crippen LogP contribution >= 0.6 is 0 Å². The molecule has 0 aromatic heterocycles. The molecule has 0 saturated heterocycles. The zero-order valence-electron chi connectivity index (χ0n) is 23.6. The summed E-state index contributed by atoms with van der Waals surface area (Å²) in [4.78, 5) is 6.19. The summed E-state index contributed by atoms with van der Waals surface area (Å²) in [5.74, 6) is -0.710. The van der Waals surface area contributed by atoms with Gasteiger partial charge in [0, 0.05) is 48.4 Å². The number of benzene rings is 2. The third-order valence-electron chi connectivity index (χ3n) is 6.20. The predicted molar refractivity (Wildman–Crippen MR) is 139 cm³/mol. The van der Waals surface area contributed by atoms with Crippen LogP contribution in [0.25, 0.3) is 0 Å². The molecule has 220 valence electrons. The number of nitrogens with zero attached hydrogens (tertiary/aromatic N) is 4. The molecule has 0 unspecified atom stereocenters. The maximum atomic E-state index is 15.1. The number of hydrogen-bond donors (Lipinski definition) is 2. The number of alkyl halides is 6. The Morgan fingerprint density at radius 1 is 0.487 bits per heavy atom. The Bertz CT molecular complexity index is 993. The van der Waals surface area contributed by atoms with Gasteiger partial charge in [0.1, 0.15) is 11.5 Å². The van der Waals surface area contributed by atoms with Crippen LogP contribution in [0.1, 0.15) is 33.4 Å². The zero-order chi connectivity index (χ0) is 30.1. The molecule has 0 atom stereocenters. The Hall–Kier alpha value is -2.54. The molecule has 0 heterocycles. The molecular formula is C27H38F6N4O2. The van der Waals surface area contributed by atoms with Crippen LogP contribution < -0.4 is 0 Å². The molecule has 0 bridgehead atoms. The summed E-state index contributed by atoms with van der Waals surface area (Å²) in [6.07, 6.45) is -11.6. The van der Waals surface area contributed by atoms with Crippen molar-refractivity contribution in [1.29, 1.82) is 0 Å². The second kappa shape index (κ2) is 11.9. The quantitative estimate of drug-likeness (QED) is 0.407. The summed E-state index contributed by atoms with van der Waals surface area (Å²) < 4.78 is 90.8. The SMILES string of the molecule is CN(C)Cc1cc(C(c2cc(CN(C)C)c(O)c(CN(C)C)c2)(C(F)(F)F)C(F)(F)F)cc(CN(C)C)c1O. The summed E-state index contributed by atoms with van der Waals surface area (Å²) in [5.41, 5.74) is -6.79. The van der Waals surface area contributed by atoms with Crippen molar-refractivity contribution in [3.63, 3.8) is 0 Å². The maximum Gasteiger partial charge on any atom is 0.411 e. The van der Waals surface area contributed by atoms with Crippen LogP contribution in [0.2, 0.25) is 0 Å². The second-order valence-electron chi connectivity index (χ2n) is 11.0. The van der Waals surface area contributed by atoms with Gasteiger partial charge < -0.3 is 29.8 Å². The molecule has 0 amide bonds. The van der Waals surface area contributed by atoms with E-state index in [2.05, 4.69) is 0 Å². The van der Waals surface area contributed by atoms with E-state index in [9.17, 15) is 10.2 Å². The van der Waals surface area contributed by atoms with Crippen LogP contribution in [0.15, 0.2) is 24.3 Å². The minimum Gasteiger partial charge on any atom is -0.507 e. The monoisotopic (exact) mass is 564 g/mol. The number of halogens is 6. The largest absolute Gasteiger partial charge is 0.507 e. The summed E-state index contributed by atoms with van der Waals surface area (Å²) >= 11 is 0. The average Bonchev–Trinajstić information content (AvgIpc) is 2.71. The van der Waals surface area contributed by atoms with Crippen LogP contribution in [0.3, 0.4) is 0 Å². The lowest BCUT2D eigenvalue weighted by atomic mass is 9.71. The molecule has 12 heteroatoms. The molecule has 2 N–H and O–H groups in total. The van der Waals surface area contributed by atoms with E-state index in [0.717, 1.165) is 24.3 Å². The topological polar surface area (TPSA) is 53.4 Å². The number of hydrogen-bond acceptors (Lipinski definition) is 6. The lowest BCUT2D eigenvalue weighted by Gasteiger charge is -2.39. The highest BCUT2D eigenvalue weighted by Crippen LogP contribution is 2.57. The van der Waals surface area contributed by atoms with E-state index < -0.39 is 28.9 Å². The van der Waals surface area contributed by atoms with Crippen LogP contribution in [0.4, 0.5) is 26.3 Å². The summed E-state index contributed by atoms with van der Waals surface area (Å²) in [5, 5.41) is 21.6. The fraction of sp³-hybridized carbons (Fsp3) is 0.556. The first-order valence-corrected chi connectivity index (χ1v) is 12.1. The molecule has 0 aliphatic rings. The van der Waals surface area contributed by atoms with E-state index in [1.807, 2.05) is 0 Å². The molecule has 0 spiro atoms. The van der Waals surface area contributed by atoms with Crippen molar-refractivity contribution >= 4 is 0 Å². The Morgan fingerprint density at radius 2 is 0.692 bits per heavy atom. The number of phenols is 2. The Morgan fingerprint density at radius 3 is 0.846 bits per heavy atom. The van der Waals surface area contributed by atoms with E-state index in [1.54, 1.807) is 76.0 Å². The lowest BCUT2D eigenvalue weighted by molar-refractivity contribution is -0.288. The molecule has 2 aromatic rings. The molecule has 0 aliphatic carbocycles. The standard InChI is InChI=1S/C27H38F6N4O2/c1-34(2)13-17-9-21(10-18(23(17)38)14-35(3)4)25(26(28,29)30,27(31,32)33)22-11-19(15-36(5)6)24(39)20(12-22)16-37(7)8/h9-12,38-39H,13-16H2,1-8H3. The first-order chi connectivity index (χ1) is 17.7. The fourth-order valence-electron chi connectivity index (χ4n) is 4.78. The molecule has 2 aromatic carbocycles. The van der Waals surface area contributed by atoms with Crippen molar-refractivity contribution < 1.29 is 36.6 Å². The van der Waals surface area contributed by atoms with Gasteiger partial charge in [-0.3, -0.25) is 0 Å². The van der Waals surface area contributed by atoms with E-state index >= 15 is 26.3 Å². The van der Waals surface area contributed by atoms with Crippen molar-refractivity contribution in [2.24, 2.45) is 0 Å². The van der Waals surface area contributed by atoms with E-state index in [-0.39, 0.29) is 59.9 Å². The summed E-state index contributed by atoms with van der Waals surface area (Å²) in [6.45, 7) is -0.336. The fourth-order valence-corrected chi connectivity index (χ4v) is 4.78. The summed E-state index contributed by atoms with van der Waals surface area (Å²) in [6, 6.07) is 3.16. The minimum absolute atomic E-state index is 0.0620. The lowest BCUT2D eigenvalue weighted by Crippen LogP contribution is -2.55. The number of phenolic OH excluding ortho intramolecular Hbond substituents is 2. The van der Waals surface area contributed by atoms with Crippen LogP contribution in [0.5, 0.6) is 11.5 Å². The van der Waals surface area contributed by atoms with Gasteiger partial charge in [-0.25, -0.2) is 0 Å². The molecule has 0 aliphatic heterocycles. The predicted octanol–water partition coefficient (Wildman–Crippen LogP) is 4.75. The molecule has 0 saturated carbocycles. The second-order valence-corrected chi connectivity index (χ2v) is 11.0. The van der Waals surface area contributed by atoms with Gasteiger partial charge in [-0.2, -0.15) is 26.3 Å². The molecule has 2 rings (SSSR count). The molecule has 0 radical (unpaired) electrons. The molecule has 6 nitrogen and oxygen atoms in total. The van der Waals surface area contributed by atoms with Crippen LogP contribution in [-0.4, -0.2) is 98.5 Å². The van der Waals surface area contributed by atoms with Gasteiger partial charge in [-0.15, -0.1) is 0 Å². The normalized spacial score (nSPS) is 13.4. The maximum absolute atomic E-state index is 15.1. The van der Waals surface area contributed by atoms with E-state index in [4.69, 9.17) is 0 Å². The van der Waals surface area contributed by atoms with Gasteiger partial charge in [0.05, 0.1) is 0 Å². The number of aromatic hydroxyl groups is 2. The summed E-state index contributed by atoms with van der Waals surface area (Å²) in [7, 11) is 12.8. The van der Waals surface area contributed by atoms with Gasteiger partial charge >= 0.3 is 12.4 Å². The van der Waals surface area contributed by atoms with Crippen molar-refractivity contribution in [2.75, 3.05) is 56.4 Å². The van der Waals surface area contributed by atoms with Gasteiger partial charge in [-0.05, 0) is 91.8 Å². The zero-order valence-corrected chi connectivity index (χ0v) is 23.6. The van der Waals surface area contributed by atoms with Gasteiger partial charge in [-0.1, -0.05) is 0 Å². The molecular weight excluding hydrogens is 526 g/mol. The van der Waals surface area contributed by atoms with Gasteiger partial charge in [0.15, 0.2) is 0 Å².